The minimum atomic E-state index is -0.557. The molecular formula is C33H31FN2O4. The highest BCUT2D eigenvalue weighted by Crippen LogP contribution is 2.43. The number of ether oxygens (including phenoxy) is 3. The van der Waals surface area contributed by atoms with Crippen LogP contribution in [0.1, 0.15) is 48.0 Å². The van der Waals surface area contributed by atoms with Crippen molar-refractivity contribution in [2.75, 3.05) is 12.4 Å². The van der Waals surface area contributed by atoms with E-state index in [1.807, 2.05) is 25.1 Å². The first-order valence-electron chi connectivity index (χ1n) is 13.0. The normalized spacial score (nSPS) is 13.5. The molecule has 0 atom stereocenters. The minimum Gasteiger partial charge on any atom is -0.496 e. The maximum Gasteiger partial charge on any atom is 0.362 e. The van der Waals surface area contributed by atoms with Gasteiger partial charge in [0.2, 0.25) is 0 Å². The number of methoxy groups -OCH3 is 1. The van der Waals surface area contributed by atoms with E-state index < -0.39 is 5.97 Å². The van der Waals surface area contributed by atoms with Crippen molar-refractivity contribution in [3.8, 4) is 28.4 Å². The number of hydrogen-bond donors (Lipinski definition) is 1. The van der Waals surface area contributed by atoms with Crippen molar-refractivity contribution < 1.29 is 23.4 Å². The zero-order valence-electron chi connectivity index (χ0n) is 23.2. The zero-order valence-corrected chi connectivity index (χ0v) is 23.2. The molecule has 4 aromatic rings. The van der Waals surface area contributed by atoms with Gasteiger partial charge in [0.1, 0.15) is 35.4 Å². The van der Waals surface area contributed by atoms with Crippen LogP contribution in [0.2, 0.25) is 0 Å². The minimum absolute atomic E-state index is 0.204. The first-order valence-corrected chi connectivity index (χ1v) is 13.0. The molecule has 0 bridgehead atoms. The Hall–Kier alpha value is -4.65. The Morgan fingerprint density at radius 3 is 2.52 bits per heavy atom. The Labute approximate surface area is 233 Å². The molecule has 204 valence electrons. The summed E-state index contributed by atoms with van der Waals surface area (Å²) in [6.45, 7) is 8.41. The van der Waals surface area contributed by atoms with Gasteiger partial charge in [0, 0.05) is 40.7 Å². The fourth-order valence-electron chi connectivity index (χ4n) is 5.08. The number of hydrogen-bond acceptors (Lipinski definition) is 6. The third-order valence-corrected chi connectivity index (χ3v) is 6.81. The predicted octanol–water partition coefficient (Wildman–Crippen LogP) is 7.61. The summed E-state index contributed by atoms with van der Waals surface area (Å²) in [7, 11) is 1.57. The van der Waals surface area contributed by atoms with Gasteiger partial charge in [-0.2, -0.15) is 0 Å². The summed E-state index contributed by atoms with van der Waals surface area (Å²) >= 11 is 0. The molecule has 3 aromatic carbocycles. The second kappa shape index (κ2) is 10.8. The van der Waals surface area contributed by atoms with Crippen LogP contribution in [0.5, 0.6) is 17.2 Å². The maximum atomic E-state index is 14.0. The monoisotopic (exact) mass is 538 g/mol. The van der Waals surface area contributed by atoms with Gasteiger partial charge in [-0.1, -0.05) is 24.3 Å². The van der Waals surface area contributed by atoms with Gasteiger partial charge in [-0.3, -0.25) is 0 Å². The van der Waals surface area contributed by atoms with Crippen molar-refractivity contribution in [3.63, 3.8) is 0 Å². The van der Waals surface area contributed by atoms with Gasteiger partial charge in [-0.05, 0) is 80.8 Å². The molecule has 1 aromatic heterocycles. The molecule has 1 aliphatic heterocycles. The molecule has 40 heavy (non-hydrogen) atoms. The van der Waals surface area contributed by atoms with Crippen LogP contribution in [0.25, 0.3) is 16.7 Å². The number of nitrogens with one attached hydrogen (secondary N) is 1. The number of halogens is 1. The number of nitrogens with zero attached hydrogens (tertiary/aromatic N) is 1. The number of rotatable bonds is 7. The highest BCUT2D eigenvalue weighted by molar-refractivity contribution is 5.90. The van der Waals surface area contributed by atoms with Crippen LogP contribution in [0.3, 0.4) is 0 Å². The summed E-state index contributed by atoms with van der Waals surface area (Å²) in [4.78, 5) is 16.6. The molecule has 0 fully saturated rings. The van der Waals surface area contributed by atoms with E-state index >= 15 is 0 Å². The Kier molecular flexibility index (Phi) is 7.30. The molecule has 0 saturated heterocycles. The Morgan fingerprint density at radius 2 is 1.77 bits per heavy atom. The van der Waals surface area contributed by atoms with Gasteiger partial charge in [0.25, 0.3) is 0 Å². The summed E-state index contributed by atoms with van der Waals surface area (Å²) in [5.74, 6) is 0.436. The second-order valence-corrected chi connectivity index (χ2v) is 10.4. The molecule has 5 rings (SSSR count). The van der Waals surface area contributed by atoms with Gasteiger partial charge in [-0.25, -0.2) is 14.2 Å². The lowest BCUT2D eigenvalue weighted by molar-refractivity contribution is 0.0728. The molecule has 0 amide bonds. The largest absolute Gasteiger partial charge is 0.496 e. The molecule has 7 heteroatoms. The van der Waals surface area contributed by atoms with E-state index in [0.29, 0.717) is 17.2 Å². The predicted molar refractivity (Wildman–Crippen MR) is 154 cm³/mol. The average Bonchev–Trinajstić information content (AvgIpc) is 2.93. The van der Waals surface area contributed by atoms with Crippen molar-refractivity contribution in [2.45, 2.75) is 39.8 Å². The van der Waals surface area contributed by atoms with Crippen LogP contribution < -0.4 is 19.5 Å². The fourth-order valence-corrected chi connectivity index (χ4v) is 5.08. The van der Waals surface area contributed by atoms with E-state index in [1.54, 1.807) is 43.5 Å². The quantitative estimate of drug-likeness (QED) is 0.193. The average molecular weight is 539 g/mol. The summed E-state index contributed by atoms with van der Waals surface area (Å²) in [6, 6.07) is 18.9. The van der Waals surface area contributed by atoms with Crippen LogP contribution in [-0.4, -0.2) is 23.6 Å². The fraction of sp³-hybridized carbons (Fsp3) is 0.212. The van der Waals surface area contributed by atoms with Crippen molar-refractivity contribution in [1.82, 2.24) is 4.98 Å². The SMILES string of the molecule is COc1cc(OC(=O)c2ccccn2)ccc1-c1ccc2c(c1COc1cc(F)ccc1C)C(C)=CC(C)(C)N2. The van der Waals surface area contributed by atoms with E-state index in [0.717, 1.165) is 39.1 Å². The first kappa shape index (κ1) is 26.9. The van der Waals surface area contributed by atoms with Gasteiger partial charge in [-0.15, -0.1) is 0 Å². The summed E-state index contributed by atoms with van der Waals surface area (Å²) in [5, 5.41) is 3.59. The third-order valence-electron chi connectivity index (χ3n) is 6.81. The van der Waals surface area contributed by atoms with E-state index in [4.69, 9.17) is 14.2 Å². The highest BCUT2D eigenvalue weighted by Gasteiger charge is 2.27. The maximum absolute atomic E-state index is 14.0. The molecule has 0 saturated carbocycles. The summed E-state index contributed by atoms with van der Waals surface area (Å²) < 4.78 is 31.6. The third kappa shape index (κ3) is 5.54. The number of esters is 1. The van der Waals surface area contributed by atoms with Crippen LogP contribution in [0.4, 0.5) is 10.1 Å². The molecule has 0 radical (unpaired) electrons. The van der Waals surface area contributed by atoms with Gasteiger partial charge in [0.15, 0.2) is 0 Å². The van der Waals surface area contributed by atoms with Crippen molar-refractivity contribution in [2.24, 2.45) is 0 Å². The lowest BCUT2D eigenvalue weighted by atomic mass is 9.85. The van der Waals surface area contributed by atoms with Crippen LogP contribution in [-0.2, 0) is 6.61 Å². The first-order chi connectivity index (χ1) is 19.1. The van der Waals surface area contributed by atoms with Crippen LogP contribution >= 0.6 is 0 Å². The lowest BCUT2D eigenvalue weighted by Crippen LogP contribution is -2.32. The van der Waals surface area contributed by atoms with E-state index in [9.17, 15) is 9.18 Å². The van der Waals surface area contributed by atoms with Crippen molar-refractivity contribution in [3.05, 3.63) is 107 Å². The molecule has 1 aliphatic rings. The number of carbonyl (C=O) groups excluding carboxylic acids is 1. The number of allylic oxidation sites excluding steroid dienone is 1. The number of fused-ring (bicyclic) bond motifs is 1. The lowest BCUT2D eigenvalue weighted by Gasteiger charge is -2.33. The number of anilines is 1. The molecule has 6 nitrogen and oxygen atoms in total. The number of pyridine rings is 1. The number of aryl methyl sites for hydroxylation is 1. The molecule has 2 heterocycles. The number of carbonyl (C=O) groups is 1. The van der Waals surface area contributed by atoms with E-state index in [-0.39, 0.29) is 23.7 Å². The van der Waals surface area contributed by atoms with Crippen LogP contribution in [0.15, 0.2) is 79.0 Å². The van der Waals surface area contributed by atoms with Gasteiger partial charge < -0.3 is 19.5 Å². The van der Waals surface area contributed by atoms with Crippen molar-refractivity contribution >= 4 is 17.2 Å². The van der Waals surface area contributed by atoms with E-state index in [1.165, 1.54) is 18.3 Å². The molecular weight excluding hydrogens is 507 g/mol. The van der Waals surface area contributed by atoms with Crippen molar-refractivity contribution in [1.29, 1.82) is 0 Å². The standard InChI is InChI=1S/C33H31FN2O4/c1-20-9-10-22(34)16-29(20)39-19-26-24(13-14-27-31(26)21(2)18-33(3,4)36-27)25-12-11-23(17-30(25)38-5)40-32(37)28-8-6-7-15-35-28/h6-18,36H,19H2,1-5H3. The molecule has 0 unspecified atom stereocenters. The summed E-state index contributed by atoms with van der Waals surface area (Å²) in [5.41, 5.74) is 6.58. The van der Waals surface area contributed by atoms with Gasteiger partial charge in [0.05, 0.1) is 12.6 Å². The Morgan fingerprint density at radius 1 is 0.975 bits per heavy atom. The molecule has 1 N–H and O–H groups in total. The molecule has 0 aliphatic carbocycles. The van der Waals surface area contributed by atoms with E-state index in [2.05, 4.69) is 37.1 Å². The van der Waals surface area contributed by atoms with Crippen LogP contribution in [0, 0.1) is 12.7 Å². The number of aromatic nitrogens is 1. The zero-order chi connectivity index (χ0) is 28.4. The second-order valence-electron chi connectivity index (χ2n) is 10.4. The highest BCUT2D eigenvalue weighted by atomic mass is 19.1. The van der Waals surface area contributed by atoms with Gasteiger partial charge >= 0.3 is 5.97 Å². The smallest absolute Gasteiger partial charge is 0.362 e. The Balaban J connectivity index is 1.56. The topological polar surface area (TPSA) is 69.7 Å². The number of benzene rings is 3. The summed E-state index contributed by atoms with van der Waals surface area (Å²) in [6.07, 6.45) is 3.73. The Bertz CT molecular complexity index is 1610. The molecule has 0 spiro atoms.